The Kier molecular flexibility index (Phi) is 7.50. The molecule has 32 heavy (non-hydrogen) atoms. The van der Waals surface area contributed by atoms with Crippen molar-refractivity contribution in [3.63, 3.8) is 0 Å². The number of aromatic carboxylic acids is 1. The predicted molar refractivity (Wildman–Crippen MR) is 123 cm³/mol. The van der Waals surface area contributed by atoms with Crippen LogP contribution < -0.4 is 10.1 Å². The van der Waals surface area contributed by atoms with Crippen LogP contribution in [0.1, 0.15) is 21.5 Å². The van der Waals surface area contributed by atoms with Gasteiger partial charge in [0, 0.05) is 21.3 Å². The zero-order valence-electron chi connectivity index (χ0n) is 16.5. The maximum absolute atomic E-state index is 12.5. The molecule has 160 valence electrons. The van der Waals surface area contributed by atoms with E-state index in [1.54, 1.807) is 54.6 Å². The van der Waals surface area contributed by atoms with Gasteiger partial charge in [0.2, 0.25) is 0 Å². The van der Waals surface area contributed by atoms with Crippen molar-refractivity contribution in [1.29, 1.82) is 5.26 Å². The van der Waals surface area contributed by atoms with Crippen molar-refractivity contribution in [2.45, 2.75) is 6.61 Å². The van der Waals surface area contributed by atoms with Gasteiger partial charge in [-0.2, -0.15) is 5.26 Å². The maximum atomic E-state index is 12.5. The Balaban J connectivity index is 1.79. The van der Waals surface area contributed by atoms with Crippen LogP contribution in [0.25, 0.3) is 6.08 Å². The molecular weight excluding hydrogens is 451 g/mol. The van der Waals surface area contributed by atoms with Gasteiger partial charge in [0.1, 0.15) is 24.0 Å². The summed E-state index contributed by atoms with van der Waals surface area (Å²) in [6.07, 6.45) is 1.39. The van der Waals surface area contributed by atoms with E-state index < -0.39 is 11.9 Å². The zero-order valence-corrected chi connectivity index (χ0v) is 18.0. The van der Waals surface area contributed by atoms with Gasteiger partial charge in [0.15, 0.2) is 0 Å². The highest BCUT2D eigenvalue weighted by Gasteiger charge is 2.12. The standard InChI is InChI=1S/C24H16Cl2N2O4/c25-19-5-8-21(9-6-19)28-23(29)18(13-27)11-17-12-20(26)7-10-22(17)32-14-15-1-3-16(4-2-15)24(30)31/h1-12H,14H2,(H,28,29)(H,30,31)/b18-11+. The lowest BCUT2D eigenvalue weighted by molar-refractivity contribution is -0.112. The van der Waals surface area contributed by atoms with Gasteiger partial charge in [0.25, 0.3) is 5.91 Å². The van der Waals surface area contributed by atoms with Crippen LogP contribution in [0.4, 0.5) is 5.69 Å². The molecule has 3 aromatic rings. The van der Waals surface area contributed by atoms with Gasteiger partial charge in [-0.3, -0.25) is 4.79 Å². The number of nitrogens with one attached hydrogen (secondary N) is 1. The quantitative estimate of drug-likeness (QED) is 0.337. The Labute approximate surface area is 194 Å². The molecule has 1 amide bonds. The third-order valence-electron chi connectivity index (χ3n) is 4.33. The van der Waals surface area contributed by atoms with Gasteiger partial charge >= 0.3 is 5.97 Å². The minimum Gasteiger partial charge on any atom is -0.488 e. The second-order valence-corrected chi connectivity index (χ2v) is 7.48. The molecule has 3 rings (SSSR count). The van der Waals surface area contributed by atoms with Crippen molar-refractivity contribution in [3.8, 4) is 11.8 Å². The molecule has 8 heteroatoms. The smallest absolute Gasteiger partial charge is 0.335 e. The summed E-state index contributed by atoms with van der Waals surface area (Å²) in [4.78, 5) is 23.5. The molecule has 0 atom stereocenters. The molecule has 0 unspecified atom stereocenters. The highest BCUT2D eigenvalue weighted by molar-refractivity contribution is 6.31. The minimum absolute atomic E-state index is 0.141. The maximum Gasteiger partial charge on any atom is 0.335 e. The summed E-state index contributed by atoms with van der Waals surface area (Å²) < 4.78 is 5.83. The third kappa shape index (κ3) is 6.11. The number of benzene rings is 3. The molecule has 0 heterocycles. The fourth-order valence-electron chi connectivity index (χ4n) is 2.70. The summed E-state index contributed by atoms with van der Waals surface area (Å²) in [5, 5.41) is 22.1. The normalized spacial score (nSPS) is 10.8. The number of anilines is 1. The van der Waals surface area contributed by atoms with E-state index in [0.29, 0.717) is 27.0 Å². The summed E-state index contributed by atoms with van der Waals surface area (Å²) in [5.74, 6) is -1.20. The third-order valence-corrected chi connectivity index (χ3v) is 4.82. The Bertz CT molecular complexity index is 1210. The van der Waals surface area contributed by atoms with E-state index in [2.05, 4.69) is 5.32 Å². The number of carbonyl (C=O) groups is 2. The predicted octanol–water partition coefficient (Wildman–Crippen LogP) is 5.82. The van der Waals surface area contributed by atoms with E-state index in [-0.39, 0.29) is 17.7 Å². The number of ether oxygens (including phenoxy) is 1. The summed E-state index contributed by atoms with van der Waals surface area (Å²) in [6.45, 7) is 0.154. The van der Waals surface area contributed by atoms with E-state index in [9.17, 15) is 14.9 Å². The van der Waals surface area contributed by atoms with Crippen LogP contribution in [0.15, 0.2) is 72.3 Å². The number of hydrogen-bond acceptors (Lipinski definition) is 4. The van der Waals surface area contributed by atoms with Crippen LogP contribution in [-0.4, -0.2) is 17.0 Å². The van der Waals surface area contributed by atoms with Gasteiger partial charge < -0.3 is 15.2 Å². The summed E-state index contributed by atoms with van der Waals surface area (Å²) >= 11 is 11.9. The van der Waals surface area contributed by atoms with Gasteiger partial charge in [-0.1, -0.05) is 35.3 Å². The molecule has 3 aromatic carbocycles. The Morgan fingerprint density at radius 3 is 2.28 bits per heavy atom. The van der Waals surface area contributed by atoms with E-state index in [4.69, 9.17) is 33.0 Å². The molecule has 0 saturated carbocycles. The largest absolute Gasteiger partial charge is 0.488 e. The molecule has 0 spiro atoms. The zero-order chi connectivity index (χ0) is 23.1. The van der Waals surface area contributed by atoms with E-state index in [1.807, 2.05) is 6.07 Å². The number of carboxylic acid groups (broad SMARTS) is 1. The van der Waals surface area contributed by atoms with Gasteiger partial charge in [0.05, 0.1) is 5.56 Å². The summed E-state index contributed by atoms with van der Waals surface area (Å²) in [7, 11) is 0. The number of rotatable bonds is 7. The van der Waals surface area contributed by atoms with Gasteiger partial charge in [-0.15, -0.1) is 0 Å². The van der Waals surface area contributed by atoms with E-state index in [1.165, 1.54) is 18.2 Å². The first-order valence-corrected chi connectivity index (χ1v) is 10.0. The number of halogens is 2. The summed E-state index contributed by atoms with van der Waals surface area (Å²) in [5.41, 5.74) is 1.73. The molecule has 0 aliphatic rings. The van der Waals surface area contributed by atoms with Gasteiger partial charge in [-0.05, 0) is 66.2 Å². The van der Waals surface area contributed by atoms with Crippen LogP contribution in [0.5, 0.6) is 5.75 Å². The van der Waals surface area contributed by atoms with E-state index >= 15 is 0 Å². The molecule has 0 aromatic heterocycles. The molecule has 0 saturated heterocycles. The minimum atomic E-state index is -1.01. The van der Waals surface area contributed by atoms with Crippen LogP contribution >= 0.6 is 23.2 Å². The first-order chi connectivity index (χ1) is 15.4. The van der Waals surface area contributed by atoms with Crippen LogP contribution in [0.2, 0.25) is 10.0 Å². The van der Waals surface area contributed by atoms with Crippen LogP contribution in [0, 0.1) is 11.3 Å². The number of nitriles is 1. The molecule has 0 bridgehead atoms. The fraction of sp³-hybridized carbons (Fsp3) is 0.0417. The highest BCUT2D eigenvalue weighted by atomic mass is 35.5. The van der Waals surface area contributed by atoms with Crippen molar-refractivity contribution in [2.24, 2.45) is 0 Å². The first kappa shape index (κ1) is 22.9. The van der Waals surface area contributed by atoms with Crippen molar-refractivity contribution >= 4 is 46.8 Å². The van der Waals surface area contributed by atoms with Crippen LogP contribution in [-0.2, 0) is 11.4 Å². The summed E-state index contributed by atoms with van der Waals surface area (Å²) in [6, 6.07) is 19.5. The van der Waals surface area contributed by atoms with Crippen molar-refractivity contribution in [1.82, 2.24) is 0 Å². The number of carbonyl (C=O) groups excluding carboxylic acids is 1. The fourth-order valence-corrected chi connectivity index (χ4v) is 3.01. The van der Waals surface area contributed by atoms with Crippen molar-refractivity contribution in [3.05, 3.63) is 99.0 Å². The molecule has 0 radical (unpaired) electrons. The number of amides is 1. The van der Waals surface area contributed by atoms with Crippen LogP contribution in [0.3, 0.4) is 0 Å². The Morgan fingerprint density at radius 2 is 1.66 bits per heavy atom. The average molecular weight is 467 g/mol. The highest BCUT2D eigenvalue weighted by Crippen LogP contribution is 2.27. The Morgan fingerprint density at radius 1 is 1.00 bits per heavy atom. The molecule has 0 aliphatic heterocycles. The average Bonchev–Trinajstić information content (AvgIpc) is 2.78. The molecule has 0 aliphatic carbocycles. The number of hydrogen-bond donors (Lipinski definition) is 2. The number of carboxylic acids is 1. The molecule has 0 fully saturated rings. The van der Waals surface area contributed by atoms with Crippen molar-refractivity contribution in [2.75, 3.05) is 5.32 Å². The monoisotopic (exact) mass is 466 g/mol. The van der Waals surface area contributed by atoms with Crippen molar-refractivity contribution < 1.29 is 19.4 Å². The number of nitrogens with zero attached hydrogens (tertiary/aromatic N) is 1. The second-order valence-electron chi connectivity index (χ2n) is 6.60. The van der Waals surface area contributed by atoms with Gasteiger partial charge in [-0.25, -0.2) is 4.79 Å². The second kappa shape index (κ2) is 10.5. The first-order valence-electron chi connectivity index (χ1n) is 9.29. The molecule has 2 N–H and O–H groups in total. The molecule has 6 nitrogen and oxygen atoms in total. The lowest BCUT2D eigenvalue weighted by atomic mass is 10.1. The SMILES string of the molecule is N#C/C(=C\c1cc(Cl)ccc1OCc1ccc(C(=O)O)cc1)C(=O)Nc1ccc(Cl)cc1. The van der Waals surface area contributed by atoms with E-state index in [0.717, 1.165) is 5.56 Å². The molecular formula is C24H16Cl2N2O4. The topological polar surface area (TPSA) is 99.4 Å². The lowest BCUT2D eigenvalue weighted by Gasteiger charge is -2.11. The Hall–Kier alpha value is -3.79. The lowest BCUT2D eigenvalue weighted by Crippen LogP contribution is -2.13.